The Morgan fingerprint density at radius 2 is 1.79 bits per heavy atom. The van der Waals surface area contributed by atoms with E-state index in [0.717, 1.165) is 18.4 Å². The Hall–Kier alpha value is -2.08. The van der Waals surface area contributed by atoms with Gasteiger partial charge >= 0.3 is 11.7 Å². The van der Waals surface area contributed by atoms with Crippen LogP contribution in [0.15, 0.2) is 29.1 Å². The van der Waals surface area contributed by atoms with Crippen molar-refractivity contribution in [3.63, 3.8) is 0 Å². The lowest BCUT2D eigenvalue weighted by Gasteiger charge is -2.36. The summed E-state index contributed by atoms with van der Waals surface area (Å²) in [5, 5.41) is 3.11. The van der Waals surface area contributed by atoms with Crippen molar-refractivity contribution in [1.29, 1.82) is 0 Å². The number of carbonyl (C=O) groups excluding carboxylic acids is 1. The molecule has 2 saturated heterocycles. The molecule has 1 aromatic carbocycles. The van der Waals surface area contributed by atoms with Gasteiger partial charge in [0.1, 0.15) is 0 Å². The van der Waals surface area contributed by atoms with Crippen molar-refractivity contribution in [3.8, 4) is 0 Å². The van der Waals surface area contributed by atoms with E-state index >= 15 is 0 Å². The van der Waals surface area contributed by atoms with Crippen LogP contribution in [-0.4, -0.2) is 45.2 Å². The number of nitrogens with zero attached hydrogens (tertiary/aromatic N) is 3. The zero-order valence-electron chi connectivity index (χ0n) is 14.2. The minimum absolute atomic E-state index is 0.154. The van der Waals surface area contributed by atoms with Crippen LogP contribution >= 0.6 is 0 Å². The van der Waals surface area contributed by atoms with Crippen LogP contribution in [0.1, 0.15) is 32.6 Å². The van der Waals surface area contributed by atoms with Gasteiger partial charge in [0.05, 0.1) is 11.0 Å². The van der Waals surface area contributed by atoms with Gasteiger partial charge in [0.25, 0.3) is 0 Å². The molecule has 0 radical (unpaired) electrons. The highest BCUT2D eigenvalue weighted by molar-refractivity contribution is 5.89. The predicted molar refractivity (Wildman–Crippen MR) is 93.4 cm³/mol. The molecule has 2 aromatic rings. The largest absolute Gasteiger partial charge is 0.337 e. The molecule has 128 valence electrons. The normalized spacial score (nSPS) is 26.8. The number of aromatic nitrogens is 2. The standard InChI is InChI=1S/C18H24N4O2/c1-3-21-15-6-4-5-7-16(15)22(18(21)24)17(23)19-12-10-13-8-9-14(11-12)20(13)2/h4-7,12-14H,3,8-11H2,1-2H3,(H,19,23)/t12?,13-,14+. The molecule has 1 amide bonds. The minimum atomic E-state index is -0.294. The topological polar surface area (TPSA) is 59.3 Å². The van der Waals surface area contributed by atoms with E-state index in [1.54, 1.807) is 4.57 Å². The summed E-state index contributed by atoms with van der Waals surface area (Å²) in [4.78, 5) is 27.9. The van der Waals surface area contributed by atoms with E-state index in [2.05, 4.69) is 17.3 Å². The van der Waals surface area contributed by atoms with Crippen LogP contribution in [0.25, 0.3) is 11.0 Å². The molecular formula is C18H24N4O2. The summed E-state index contributed by atoms with van der Waals surface area (Å²) >= 11 is 0. The molecule has 2 aliphatic rings. The van der Waals surface area contributed by atoms with Crippen LogP contribution in [0.4, 0.5) is 4.79 Å². The van der Waals surface area contributed by atoms with Gasteiger partial charge in [-0.2, -0.15) is 0 Å². The summed E-state index contributed by atoms with van der Waals surface area (Å²) in [6, 6.07) is 8.46. The molecule has 4 rings (SSSR count). The van der Waals surface area contributed by atoms with Gasteiger partial charge in [0.15, 0.2) is 0 Å². The van der Waals surface area contributed by atoms with Gasteiger partial charge in [-0.1, -0.05) is 12.1 Å². The van der Waals surface area contributed by atoms with Crippen LogP contribution in [0.5, 0.6) is 0 Å². The van der Waals surface area contributed by atoms with Gasteiger partial charge in [0, 0.05) is 24.7 Å². The first-order valence-corrected chi connectivity index (χ1v) is 8.83. The van der Waals surface area contributed by atoms with E-state index in [1.165, 1.54) is 17.4 Å². The number of hydrogen-bond acceptors (Lipinski definition) is 3. The summed E-state index contributed by atoms with van der Waals surface area (Å²) < 4.78 is 2.94. The Bertz CT molecular complexity index is 823. The molecule has 6 nitrogen and oxygen atoms in total. The number of amides is 1. The zero-order valence-corrected chi connectivity index (χ0v) is 14.2. The molecule has 2 bridgehead atoms. The van der Waals surface area contributed by atoms with Crippen molar-refractivity contribution in [2.45, 2.75) is 57.3 Å². The summed E-state index contributed by atoms with van der Waals surface area (Å²) in [6.45, 7) is 2.47. The second-order valence-corrected chi connectivity index (χ2v) is 7.02. The average molecular weight is 328 g/mol. The van der Waals surface area contributed by atoms with E-state index in [4.69, 9.17) is 0 Å². The summed E-state index contributed by atoms with van der Waals surface area (Å²) in [6.07, 6.45) is 4.37. The number of para-hydroxylation sites is 2. The second-order valence-electron chi connectivity index (χ2n) is 7.02. The molecule has 0 aliphatic carbocycles. The first-order valence-electron chi connectivity index (χ1n) is 8.83. The van der Waals surface area contributed by atoms with Gasteiger partial charge in [-0.25, -0.2) is 14.2 Å². The molecular weight excluding hydrogens is 304 g/mol. The molecule has 3 atom stereocenters. The zero-order chi connectivity index (χ0) is 16.8. The highest BCUT2D eigenvalue weighted by Crippen LogP contribution is 2.34. The number of benzene rings is 1. The molecule has 6 heteroatoms. The van der Waals surface area contributed by atoms with Crippen molar-refractivity contribution >= 4 is 17.1 Å². The molecule has 1 unspecified atom stereocenters. The Labute approximate surface area is 141 Å². The van der Waals surface area contributed by atoms with Crippen LogP contribution in [0, 0.1) is 0 Å². The van der Waals surface area contributed by atoms with E-state index in [1.807, 2.05) is 31.2 Å². The molecule has 1 N–H and O–H groups in total. The summed E-state index contributed by atoms with van der Waals surface area (Å²) in [7, 11) is 2.18. The van der Waals surface area contributed by atoms with Crippen molar-refractivity contribution in [2.75, 3.05) is 7.05 Å². The lowest BCUT2D eigenvalue weighted by Crippen LogP contribution is -2.50. The molecule has 3 heterocycles. The van der Waals surface area contributed by atoms with E-state index in [0.29, 0.717) is 24.1 Å². The average Bonchev–Trinajstić information content (AvgIpc) is 2.95. The molecule has 0 spiro atoms. The fourth-order valence-corrected chi connectivity index (χ4v) is 4.48. The number of rotatable bonds is 2. The maximum atomic E-state index is 12.8. The van der Waals surface area contributed by atoms with Crippen molar-refractivity contribution in [1.82, 2.24) is 19.4 Å². The second kappa shape index (κ2) is 5.77. The van der Waals surface area contributed by atoms with Gasteiger partial charge in [-0.15, -0.1) is 0 Å². The Kier molecular flexibility index (Phi) is 3.72. The first kappa shape index (κ1) is 15.4. The minimum Gasteiger partial charge on any atom is -0.334 e. The third kappa shape index (κ3) is 2.28. The van der Waals surface area contributed by atoms with E-state index < -0.39 is 0 Å². The Balaban J connectivity index is 1.63. The number of piperidine rings is 1. The van der Waals surface area contributed by atoms with Gasteiger partial charge < -0.3 is 10.2 Å². The fourth-order valence-electron chi connectivity index (χ4n) is 4.48. The highest BCUT2D eigenvalue weighted by Gasteiger charge is 2.39. The maximum absolute atomic E-state index is 12.8. The maximum Gasteiger partial charge on any atom is 0.337 e. The van der Waals surface area contributed by atoms with E-state index in [9.17, 15) is 9.59 Å². The van der Waals surface area contributed by atoms with Crippen LogP contribution in [-0.2, 0) is 6.54 Å². The molecule has 1 aromatic heterocycles. The highest BCUT2D eigenvalue weighted by atomic mass is 16.2. The quantitative estimate of drug-likeness (QED) is 0.917. The Morgan fingerprint density at radius 1 is 1.17 bits per heavy atom. The predicted octanol–water partition coefficient (Wildman–Crippen LogP) is 2.01. The molecule has 2 aliphatic heterocycles. The third-order valence-corrected chi connectivity index (χ3v) is 5.78. The molecule has 24 heavy (non-hydrogen) atoms. The van der Waals surface area contributed by atoms with Crippen LogP contribution in [0.3, 0.4) is 0 Å². The smallest absolute Gasteiger partial charge is 0.334 e. The number of hydrogen-bond donors (Lipinski definition) is 1. The SMILES string of the molecule is CCn1c(=O)n(C(=O)NC2C[C@H]3CC[C@@H](C2)N3C)c2ccccc21. The number of fused-ring (bicyclic) bond motifs is 3. The third-order valence-electron chi connectivity index (χ3n) is 5.78. The number of nitrogens with one attached hydrogen (secondary N) is 1. The first-order chi connectivity index (χ1) is 11.6. The monoisotopic (exact) mass is 328 g/mol. The van der Waals surface area contributed by atoms with Gasteiger partial charge in [-0.3, -0.25) is 4.57 Å². The van der Waals surface area contributed by atoms with Crippen LogP contribution < -0.4 is 11.0 Å². The fraction of sp³-hybridized carbons (Fsp3) is 0.556. The number of aryl methyl sites for hydroxylation is 1. The molecule has 2 fully saturated rings. The van der Waals surface area contributed by atoms with E-state index in [-0.39, 0.29) is 17.8 Å². The lowest BCUT2D eigenvalue weighted by atomic mass is 9.98. The van der Waals surface area contributed by atoms with Crippen molar-refractivity contribution in [2.24, 2.45) is 0 Å². The van der Waals surface area contributed by atoms with Gasteiger partial charge in [0.2, 0.25) is 0 Å². The Morgan fingerprint density at radius 3 is 2.42 bits per heavy atom. The number of imidazole rings is 1. The molecule has 0 saturated carbocycles. The lowest BCUT2D eigenvalue weighted by molar-refractivity contribution is 0.149. The summed E-state index contributed by atoms with van der Waals surface area (Å²) in [5.74, 6) is 0. The van der Waals surface area contributed by atoms with Crippen LogP contribution in [0.2, 0.25) is 0 Å². The number of carbonyl (C=O) groups is 1. The van der Waals surface area contributed by atoms with Crippen molar-refractivity contribution in [3.05, 3.63) is 34.7 Å². The van der Waals surface area contributed by atoms with Crippen molar-refractivity contribution < 1.29 is 4.79 Å². The summed E-state index contributed by atoms with van der Waals surface area (Å²) in [5.41, 5.74) is 1.23. The van der Waals surface area contributed by atoms with Gasteiger partial charge in [-0.05, 0) is 51.8 Å².